The first-order valence-corrected chi connectivity index (χ1v) is 13.2. The standard InChI is InChI=1S/C26H27F3N4O4S/c27-26(28,29)19-4-1-17(2-5-19)16-37-25(36)33-13-11-31(12-14-33)20-7-9-32(10-8-20)23(34)18-3-6-21-22(15-18)38-24(35)30-21/h1-6,15,20H,7-14,16H2,(H,30,35). The number of amides is 2. The number of halogens is 3. The summed E-state index contributed by atoms with van der Waals surface area (Å²) in [5.41, 5.74) is 1.07. The van der Waals surface area contributed by atoms with E-state index in [1.165, 1.54) is 12.1 Å². The van der Waals surface area contributed by atoms with Crippen LogP contribution in [-0.2, 0) is 17.5 Å². The van der Waals surface area contributed by atoms with E-state index in [2.05, 4.69) is 9.88 Å². The van der Waals surface area contributed by atoms with Crippen LogP contribution in [0.2, 0.25) is 0 Å². The van der Waals surface area contributed by atoms with Crippen LogP contribution >= 0.6 is 11.3 Å². The molecule has 0 aliphatic carbocycles. The number of rotatable bonds is 4. The van der Waals surface area contributed by atoms with E-state index in [1.54, 1.807) is 23.1 Å². The first kappa shape index (κ1) is 26.2. The van der Waals surface area contributed by atoms with E-state index in [1.807, 2.05) is 4.90 Å². The van der Waals surface area contributed by atoms with E-state index in [0.29, 0.717) is 56.4 Å². The highest BCUT2D eigenvalue weighted by Gasteiger charge is 2.32. The highest BCUT2D eigenvalue weighted by Crippen LogP contribution is 2.29. The minimum absolute atomic E-state index is 0.0354. The molecule has 2 aliphatic heterocycles. The predicted molar refractivity (Wildman–Crippen MR) is 136 cm³/mol. The highest BCUT2D eigenvalue weighted by atomic mass is 32.1. The molecule has 2 aliphatic rings. The van der Waals surface area contributed by atoms with Crippen LogP contribution in [0.25, 0.3) is 10.2 Å². The minimum atomic E-state index is -4.40. The smallest absolute Gasteiger partial charge is 0.416 e. The average Bonchev–Trinajstić information content (AvgIpc) is 3.30. The van der Waals surface area contributed by atoms with Crippen LogP contribution in [0.4, 0.5) is 18.0 Å². The summed E-state index contributed by atoms with van der Waals surface area (Å²) in [6.07, 6.45) is -3.20. The Hall–Kier alpha value is -3.38. The van der Waals surface area contributed by atoms with Crippen LogP contribution in [0.3, 0.4) is 0 Å². The second-order valence-electron chi connectivity index (χ2n) is 9.52. The van der Waals surface area contributed by atoms with Crippen LogP contribution in [0, 0.1) is 0 Å². The number of nitrogens with zero attached hydrogens (tertiary/aromatic N) is 3. The second kappa shape index (κ2) is 10.8. The molecule has 38 heavy (non-hydrogen) atoms. The molecule has 3 heterocycles. The van der Waals surface area contributed by atoms with Gasteiger partial charge in [-0.25, -0.2) is 4.79 Å². The summed E-state index contributed by atoms with van der Waals surface area (Å²) >= 11 is 1.09. The van der Waals surface area contributed by atoms with Crippen LogP contribution < -0.4 is 4.87 Å². The topological polar surface area (TPSA) is 85.9 Å². The van der Waals surface area contributed by atoms with Crippen molar-refractivity contribution in [1.82, 2.24) is 19.7 Å². The van der Waals surface area contributed by atoms with Crippen molar-refractivity contribution in [3.63, 3.8) is 0 Å². The number of carbonyl (C=O) groups is 2. The summed E-state index contributed by atoms with van der Waals surface area (Å²) in [4.78, 5) is 45.4. The Morgan fingerprint density at radius 1 is 0.947 bits per heavy atom. The Balaban J connectivity index is 1.06. The maximum Gasteiger partial charge on any atom is 0.416 e. The van der Waals surface area contributed by atoms with Gasteiger partial charge in [-0.3, -0.25) is 14.5 Å². The fraction of sp³-hybridized carbons (Fsp3) is 0.423. The summed E-state index contributed by atoms with van der Waals surface area (Å²) in [5.74, 6) is -0.0354. The molecule has 0 spiro atoms. The van der Waals surface area contributed by atoms with Gasteiger partial charge < -0.3 is 19.5 Å². The number of ether oxygens (including phenoxy) is 1. The number of piperidine rings is 1. The van der Waals surface area contributed by atoms with Gasteiger partial charge in [0.1, 0.15) is 6.61 Å². The number of piperazine rings is 1. The molecule has 3 aromatic rings. The number of nitrogens with one attached hydrogen (secondary N) is 1. The van der Waals surface area contributed by atoms with Crippen molar-refractivity contribution in [3.05, 3.63) is 68.8 Å². The quantitative estimate of drug-likeness (QED) is 0.529. The number of thiazole rings is 1. The van der Waals surface area contributed by atoms with Crippen molar-refractivity contribution in [1.29, 1.82) is 0 Å². The molecular formula is C26H27F3N4O4S. The number of H-pyrrole nitrogens is 1. The molecule has 202 valence electrons. The van der Waals surface area contributed by atoms with E-state index in [9.17, 15) is 27.6 Å². The second-order valence-corrected chi connectivity index (χ2v) is 10.5. The minimum Gasteiger partial charge on any atom is -0.445 e. The number of aromatic amines is 1. The number of carbonyl (C=O) groups excluding carboxylic acids is 2. The molecular weight excluding hydrogens is 521 g/mol. The van der Waals surface area contributed by atoms with Crippen molar-refractivity contribution in [2.24, 2.45) is 0 Å². The normalized spacial score (nSPS) is 17.7. The SMILES string of the molecule is O=C(OCc1ccc(C(F)(F)F)cc1)N1CCN(C2CCN(C(=O)c3ccc4[nH]c(=O)sc4c3)CC2)CC1. The Bertz CT molecular complexity index is 1360. The Labute approximate surface area is 220 Å². The van der Waals surface area contributed by atoms with Gasteiger partial charge in [0.2, 0.25) is 0 Å². The molecule has 0 unspecified atom stereocenters. The van der Waals surface area contributed by atoms with Gasteiger partial charge in [-0.1, -0.05) is 23.5 Å². The van der Waals surface area contributed by atoms with E-state index in [4.69, 9.17) is 4.74 Å². The van der Waals surface area contributed by atoms with Gasteiger partial charge in [0.05, 0.1) is 15.8 Å². The third-order valence-corrected chi connectivity index (χ3v) is 8.00. The Morgan fingerprint density at radius 3 is 2.29 bits per heavy atom. The van der Waals surface area contributed by atoms with Gasteiger partial charge in [-0.2, -0.15) is 13.2 Å². The van der Waals surface area contributed by atoms with E-state index in [0.717, 1.165) is 46.5 Å². The molecule has 8 nitrogen and oxygen atoms in total. The van der Waals surface area contributed by atoms with E-state index >= 15 is 0 Å². The van der Waals surface area contributed by atoms with Gasteiger partial charge in [0.15, 0.2) is 0 Å². The van der Waals surface area contributed by atoms with Crippen molar-refractivity contribution < 1.29 is 27.5 Å². The number of benzene rings is 2. The summed E-state index contributed by atoms with van der Waals surface area (Å²) in [5, 5.41) is 0. The number of aromatic nitrogens is 1. The molecule has 2 aromatic carbocycles. The molecule has 1 N–H and O–H groups in total. The first-order chi connectivity index (χ1) is 18.2. The Kier molecular flexibility index (Phi) is 7.44. The average molecular weight is 549 g/mol. The monoisotopic (exact) mass is 548 g/mol. The molecule has 2 amide bonds. The highest BCUT2D eigenvalue weighted by molar-refractivity contribution is 7.16. The van der Waals surface area contributed by atoms with Crippen LogP contribution in [0.1, 0.15) is 34.3 Å². The lowest BCUT2D eigenvalue weighted by Gasteiger charge is -2.42. The summed E-state index contributed by atoms with van der Waals surface area (Å²) in [6, 6.07) is 10.2. The lowest BCUT2D eigenvalue weighted by atomic mass is 10.0. The zero-order valence-corrected chi connectivity index (χ0v) is 21.3. The van der Waals surface area contributed by atoms with Gasteiger partial charge in [0, 0.05) is 50.9 Å². The molecule has 0 atom stereocenters. The molecule has 5 rings (SSSR count). The fourth-order valence-electron chi connectivity index (χ4n) is 4.99. The third kappa shape index (κ3) is 5.86. The number of likely N-dealkylation sites (tertiary alicyclic amines) is 1. The van der Waals surface area contributed by atoms with Crippen molar-refractivity contribution in [3.8, 4) is 0 Å². The number of hydrogen-bond donors (Lipinski definition) is 1. The molecule has 1 aromatic heterocycles. The zero-order valence-electron chi connectivity index (χ0n) is 20.5. The molecule has 0 bridgehead atoms. The van der Waals surface area contributed by atoms with Crippen molar-refractivity contribution in [2.45, 2.75) is 31.7 Å². The maximum absolute atomic E-state index is 13.0. The summed E-state index contributed by atoms with van der Waals surface area (Å²) in [6.45, 7) is 3.59. The molecule has 12 heteroatoms. The first-order valence-electron chi connectivity index (χ1n) is 12.4. The van der Waals surface area contributed by atoms with Crippen molar-refractivity contribution in [2.75, 3.05) is 39.3 Å². The van der Waals surface area contributed by atoms with Gasteiger partial charge in [-0.05, 0) is 48.7 Å². The van der Waals surface area contributed by atoms with E-state index < -0.39 is 17.8 Å². The van der Waals surface area contributed by atoms with Crippen LogP contribution in [-0.4, -0.2) is 77.0 Å². The number of alkyl halides is 3. The largest absolute Gasteiger partial charge is 0.445 e. The van der Waals surface area contributed by atoms with Gasteiger partial charge in [-0.15, -0.1) is 0 Å². The Morgan fingerprint density at radius 2 is 1.63 bits per heavy atom. The van der Waals surface area contributed by atoms with Gasteiger partial charge in [0.25, 0.3) is 5.91 Å². The summed E-state index contributed by atoms with van der Waals surface area (Å²) in [7, 11) is 0. The number of fused-ring (bicyclic) bond motifs is 1. The lowest BCUT2D eigenvalue weighted by molar-refractivity contribution is -0.137. The maximum atomic E-state index is 13.0. The number of hydrogen-bond acceptors (Lipinski definition) is 6. The van der Waals surface area contributed by atoms with E-state index in [-0.39, 0.29) is 17.4 Å². The van der Waals surface area contributed by atoms with Crippen molar-refractivity contribution >= 4 is 33.6 Å². The van der Waals surface area contributed by atoms with Crippen LogP contribution in [0.15, 0.2) is 47.3 Å². The third-order valence-electron chi connectivity index (χ3n) is 7.15. The molecule has 0 radical (unpaired) electrons. The van der Waals surface area contributed by atoms with Crippen LogP contribution in [0.5, 0.6) is 0 Å². The fourth-order valence-corrected chi connectivity index (χ4v) is 5.77. The molecule has 2 fully saturated rings. The van der Waals surface area contributed by atoms with Gasteiger partial charge >= 0.3 is 17.1 Å². The molecule has 0 saturated carbocycles. The summed E-state index contributed by atoms with van der Waals surface area (Å²) < 4.78 is 44.2. The zero-order chi connectivity index (χ0) is 26.9. The lowest BCUT2D eigenvalue weighted by Crippen LogP contribution is -2.54. The predicted octanol–water partition coefficient (Wildman–Crippen LogP) is 4.17. The molecule has 2 saturated heterocycles.